The minimum absolute atomic E-state index is 0.167. The summed E-state index contributed by atoms with van der Waals surface area (Å²) >= 11 is 0. The van der Waals surface area contributed by atoms with Crippen LogP contribution in [0.15, 0.2) is 24.3 Å². The number of carbonyl (C=O) groups is 1. The van der Waals surface area contributed by atoms with Crippen LogP contribution in [0.25, 0.3) is 0 Å². The van der Waals surface area contributed by atoms with Gasteiger partial charge in [0.05, 0.1) is 6.61 Å². The molecule has 116 valence electrons. The van der Waals surface area contributed by atoms with E-state index in [1.54, 1.807) is 7.11 Å². The monoisotopic (exact) mass is 290 g/mol. The zero-order chi connectivity index (χ0) is 15.1. The van der Waals surface area contributed by atoms with Crippen molar-refractivity contribution in [1.29, 1.82) is 0 Å². The number of benzene rings is 1. The molecule has 0 radical (unpaired) electrons. The first-order valence-corrected chi connectivity index (χ1v) is 7.78. The Morgan fingerprint density at radius 1 is 1.38 bits per heavy atom. The van der Waals surface area contributed by atoms with Crippen LogP contribution in [-0.4, -0.2) is 44.2 Å². The van der Waals surface area contributed by atoms with Gasteiger partial charge in [-0.3, -0.25) is 4.79 Å². The molecule has 1 amide bonds. The Morgan fingerprint density at radius 3 is 2.86 bits per heavy atom. The molecule has 0 atom stereocenters. The SMILES string of the molecule is COCCNCc1cccc(C(=O)N2CCC(C)CC2)c1. The minimum atomic E-state index is 0.167. The number of ether oxygens (including phenoxy) is 1. The van der Waals surface area contributed by atoms with Crippen molar-refractivity contribution in [1.82, 2.24) is 10.2 Å². The number of carbonyl (C=O) groups excluding carboxylic acids is 1. The van der Waals surface area contributed by atoms with Crippen molar-refractivity contribution in [2.24, 2.45) is 5.92 Å². The molecule has 0 aliphatic carbocycles. The van der Waals surface area contributed by atoms with Crippen molar-refractivity contribution in [3.63, 3.8) is 0 Å². The average Bonchev–Trinajstić information content (AvgIpc) is 2.52. The lowest BCUT2D eigenvalue weighted by Crippen LogP contribution is -2.37. The Labute approximate surface area is 127 Å². The Balaban J connectivity index is 1.91. The van der Waals surface area contributed by atoms with Crippen LogP contribution in [0.1, 0.15) is 35.7 Å². The fourth-order valence-corrected chi connectivity index (χ4v) is 2.62. The van der Waals surface area contributed by atoms with E-state index in [4.69, 9.17) is 4.74 Å². The largest absolute Gasteiger partial charge is 0.383 e. The summed E-state index contributed by atoms with van der Waals surface area (Å²) in [6.45, 7) is 6.31. The van der Waals surface area contributed by atoms with E-state index < -0.39 is 0 Å². The predicted molar refractivity (Wildman–Crippen MR) is 84.3 cm³/mol. The summed E-state index contributed by atoms with van der Waals surface area (Å²) in [6.07, 6.45) is 2.23. The lowest BCUT2D eigenvalue weighted by atomic mass is 9.98. The fourth-order valence-electron chi connectivity index (χ4n) is 2.62. The number of nitrogens with zero attached hydrogens (tertiary/aromatic N) is 1. The second-order valence-electron chi connectivity index (χ2n) is 5.84. The summed E-state index contributed by atoms with van der Waals surface area (Å²) in [5.41, 5.74) is 1.94. The molecule has 1 aliphatic rings. The summed E-state index contributed by atoms with van der Waals surface area (Å²) < 4.78 is 5.01. The van der Waals surface area contributed by atoms with Gasteiger partial charge >= 0.3 is 0 Å². The lowest BCUT2D eigenvalue weighted by Gasteiger charge is -2.30. The van der Waals surface area contributed by atoms with Crippen molar-refractivity contribution >= 4 is 5.91 Å². The highest BCUT2D eigenvalue weighted by molar-refractivity contribution is 5.94. The maximum absolute atomic E-state index is 12.5. The van der Waals surface area contributed by atoms with Gasteiger partial charge in [0.25, 0.3) is 5.91 Å². The van der Waals surface area contributed by atoms with E-state index in [0.29, 0.717) is 6.61 Å². The highest BCUT2D eigenvalue weighted by Gasteiger charge is 2.21. The van der Waals surface area contributed by atoms with Gasteiger partial charge in [-0.15, -0.1) is 0 Å². The molecule has 21 heavy (non-hydrogen) atoms. The van der Waals surface area contributed by atoms with Crippen LogP contribution >= 0.6 is 0 Å². The Hall–Kier alpha value is -1.39. The molecule has 4 nitrogen and oxygen atoms in total. The molecule has 0 unspecified atom stereocenters. The van der Waals surface area contributed by atoms with E-state index in [1.165, 1.54) is 0 Å². The minimum Gasteiger partial charge on any atom is -0.383 e. The lowest BCUT2D eigenvalue weighted by molar-refractivity contribution is 0.0697. The van der Waals surface area contributed by atoms with Crippen LogP contribution < -0.4 is 5.32 Å². The number of likely N-dealkylation sites (tertiary alicyclic amines) is 1. The molecule has 4 heteroatoms. The number of nitrogens with one attached hydrogen (secondary N) is 1. The summed E-state index contributed by atoms with van der Waals surface area (Å²) in [5.74, 6) is 0.908. The van der Waals surface area contributed by atoms with Gasteiger partial charge in [0.15, 0.2) is 0 Å². The molecular formula is C17H26N2O2. The van der Waals surface area contributed by atoms with E-state index in [2.05, 4.69) is 18.3 Å². The van der Waals surface area contributed by atoms with Crippen LogP contribution in [0.2, 0.25) is 0 Å². The van der Waals surface area contributed by atoms with E-state index in [0.717, 1.165) is 56.1 Å². The number of piperidine rings is 1. The van der Waals surface area contributed by atoms with Gasteiger partial charge < -0.3 is 15.0 Å². The molecular weight excluding hydrogens is 264 g/mol. The second kappa shape index (κ2) is 8.15. The third kappa shape index (κ3) is 4.83. The van der Waals surface area contributed by atoms with E-state index in [9.17, 15) is 4.79 Å². The standard InChI is InChI=1S/C17H26N2O2/c1-14-6-9-19(10-7-14)17(20)16-5-3-4-15(12-16)13-18-8-11-21-2/h3-5,12,14,18H,6-11,13H2,1-2H3. The summed E-state index contributed by atoms with van der Waals surface area (Å²) in [4.78, 5) is 14.5. The van der Waals surface area contributed by atoms with Crippen LogP contribution in [0, 0.1) is 5.92 Å². The Kier molecular flexibility index (Phi) is 6.21. The molecule has 0 bridgehead atoms. The highest BCUT2D eigenvalue weighted by Crippen LogP contribution is 2.18. The zero-order valence-electron chi connectivity index (χ0n) is 13.1. The van der Waals surface area contributed by atoms with Crippen LogP contribution in [0.5, 0.6) is 0 Å². The topological polar surface area (TPSA) is 41.6 Å². The summed E-state index contributed by atoms with van der Waals surface area (Å²) in [7, 11) is 1.69. The summed E-state index contributed by atoms with van der Waals surface area (Å²) in [6, 6.07) is 7.93. The number of methoxy groups -OCH3 is 1. The summed E-state index contributed by atoms with van der Waals surface area (Å²) in [5, 5.41) is 3.30. The Morgan fingerprint density at radius 2 is 2.14 bits per heavy atom. The molecule has 1 heterocycles. The number of rotatable bonds is 6. The number of hydrogen-bond donors (Lipinski definition) is 1. The first kappa shape index (κ1) is 16.0. The Bertz CT molecular complexity index is 454. The highest BCUT2D eigenvalue weighted by atomic mass is 16.5. The smallest absolute Gasteiger partial charge is 0.253 e. The third-order valence-electron chi connectivity index (χ3n) is 4.06. The molecule has 1 aromatic rings. The molecule has 2 rings (SSSR count). The van der Waals surface area contributed by atoms with Crippen LogP contribution in [0.3, 0.4) is 0 Å². The molecule has 0 spiro atoms. The van der Waals surface area contributed by atoms with Gasteiger partial charge in [-0.05, 0) is 36.5 Å². The molecule has 1 saturated heterocycles. The maximum atomic E-state index is 12.5. The average molecular weight is 290 g/mol. The fraction of sp³-hybridized carbons (Fsp3) is 0.588. The van der Waals surface area contributed by atoms with Crippen molar-refractivity contribution in [3.8, 4) is 0 Å². The van der Waals surface area contributed by atoms with Crippen molar-refractivity contribution in [2.75, 3.05) is 33.4 Å². The molecule has 1 aromatic carbocycles. The molecule has 0 saturated carbocycles. The number of hydrogen-bond acceptors (Lipinski definition) is 3. The second-order valence-corrected chi connectivity index (χ2v) is 5.84. The van der Waals surface area contributed by atoms with Crippen molar-refractivity contribution in [2.45, 2.75) is 26.3 Å². The maximum Gasteiger partial charge on any atom is 0.253 e. The van der Waals surface area contributed by atoms with Crippen molar-refractivity contribution in [3.05, 3.63) is 35.4 Å². The van der Waals surface area contributed by atoms with Gasteiger partial charge in [0.1, 0.15) is 0 Å². The van der Waals surface area contributed by atoms with Crippen molar-refractivity contribution < 1.29 is 9.53 Å². The van der Waals surface area contributed by atoms with Gasteiger partial charge in [-0.1, -0.05) is 19.1 Å². The first-order chi connectivity index (χ1) is 10.2. The van der Waals surface area contributed by atoms with Crippen LogP contribution in [-0.2, 0) is 11.3 Å². The van der Waals surface area contributed by atoms with E-state index in [1.807, 2.05) is 23.1 Å². The molecule has 0 aromatic heterocycles. The molecule has 1 N–H and O–H groups in total. The van der Waals surface area contributed by atoms with Gasteiger partial charge in [-0.25, -0.2) is 0 Å². The zero-order valence-corrected chi connectivity index (χ0v) is 13.1. The predicted octanol–water partition coefficient (Wildman–Crippen LogP) is 2.29. The normalized spacial score (nSPS) is 16.2. The van der Waals surface area contributed by atoms with Crippen LogP contribution in [0.4, 0.5) is 0 Å². The molecule has 1 fully saturated rings. The van der Waals surface area contributed by atoms with Gasteiger partial charge in [-0.2, -0.15) is 0 Å². The van der Waals surface area contributed by atoms with Gasteiger partial charge in [0, 0.05) is 38.9 Å². The van der Waals surface area contributed by atoms with E-state index in [-0.39, 0.29) is 5.91 Å². The van der Waals surface area contributed by atoms with E-state index >= 15 is 0 Å². The molecule has 1 aliphatic heterocycles. The third-order valence-corrected chi connectivity index (χ3v) is 4.06. The first-order valence-electron chi connectivity index (χ1n) is 7.78. The number of amides is 1. The quantitative estimate of drug-likeness (QED) is 0.817. The van der Waals surface area contributed by atoms with Gasteiger partial charge in [0.2, 0.25) is 0 Å².